The Balaban J connectivity index is 1.61. The number of carbonyl (C=O) groups excluding carboxylic acids is 4. The number of nitrogens with zero attached hydrogens (tertiary/aromatic N) is 2. The highest BCUT2D eigenvalue weighted by molar-refractivity contribution is 6.43. The molecule has 7 rings (SSSR count). The summed E-state index contributed by atoms with van der Waals surface area (Å²) in [5.74, 6) is 0.265. The van der Waals surface area contributed by atoms with Crippen molar-refractivity contribution in [2.45, 2.75) is 79.1 Å². The molecule has 2 heterocycles. The van der Waals surface area contributed by atoms with Crippen LogP contribution in [0, 0.1) is 11.8 Å². The fraction of sp³-hybridized carbons (Fsp3) is 0.429. The highest BCUT2D eigenvalue weighted by Gasteiger charge is 2.37. The summed E-state index contributed by atoms with van der Waals surface area (Å²) in [6.45, 7) is 9.64. The summed E-state index contributed by atoms with van der Waals surface area (Å²) in [7, 11) is 3.03. The molecule has 0 aromatic heterocycles. The molecule has 0 spiro atoms. The summed E-state index contributed by atoms with van der Waals surface area (Å²) in [6.07, 6.45) is 8.35. The Bertz CT molecular complexity index is 2050. The van der Waals surface area contributed by atoms with Gasteiger partial charge in [-0.1, -0.05) is 78.4 Å². The molecule has 0 radical (unpaired) electrons. The maximum atomic E-state index is 13.8. The van der Waals surface area contributed by atoms with E-state index >= 15 is 0 Å². The molecule has 4 amide bonds. The Hall–Kier alpha value is -4.72. The fourth-order valence-corrected chi connectivity index (χ4v) is 8.07. The molecular weight excluding hydrogens is 628 g/mol. The van der Waals surface area contributed by atoms with E-state index in [0.717, 1.165) is 83.7 Å². The molecule has 5 aromatic rings. The number of unbranched alkanes of at least 4 members (excludes halogenated alkanes) is 2. The van der Waals surface area contributed by atoms with Crippen LogP contribution in [0.3, 0.4) is 0 Å². The number of hydrogen-bond donors (Lipinski definition) is 0. The first kappa shape index (κ1) is 33.8. The Morgan fingerprint density at radius 2 is 0.900 bits per heavy atom. The van der Waals surface area contributed by atoms with Crippen molar-refractivity contribution in [3.8, 4) is 11.5 Å². The fourth-order valence-electron chi connectivity index (χ4n) is 8.07. The third-order valence-electron chi connectivity index (χ3n) is 11.2. The molecule has 8 heteroatoms. The highest BCUT2D eigenvalue weighted by atomic mass is 16.5. The van der Waals surface area contributed by atoms with Crippen molar-refractivity contribution in [2.24, 2.45) is 11.8 Å². The Morgan fingerprint density at radius 1 is 0.520 bits per heavy atom. The number of fused-ring (bicyclic) bond motifs is 2. The number of imide groups is 2. The zero-order valence-corrected chi connectivity index (χ0v) is 30.0. The number of amides is 4. The maximum absolute atomic E-state index is 13.8. The SMILES string of the molecule is CCCCC(CC)COc1cc2c3c(ccc4c5ccc6c7c(cc(OCC(CC)CCCC)c(c1c34)c75)C(=O)N(C)C6=O)C(=O)N(C)C2=O. The van der Waals surface area contributed by atoms with Gasteiger partial charge in [-0.25, -0.2) is 0 Å². The standard InChI is InChI=1S/C42H46N2O6/c1-7-11-13-23(9-3)21-49-31-19-29-33-27(39(45)43(5)41(29)47)17-15-25-26-16-18-28-34-30(42(48)44(6)40(28)46)20-32(38(36(26)34)37(31)35(25)33)50-22-24(10-4)14-12-8-2/h15-20,23-24H,7-14,21-22H2,1-6H3. The first-order valence-electron chi connectivity index (χ1n) is 18.3. The lowest BCUT2D eigenvalue weighted by molar-refractivity contribution is 0.0635. The van der Waals surface area contributed by atoms with Crippen molar-refractivity contribution in [1.82, 2.24) is 9.80 Å². The predicted molar refractivity (Wildman–Crippen MR) is 198 cm³/mol. The van der Waals surface area contributed by atoms with E-state index in [9.17, 15) is 19.2 Å². The van der Waals surface area contributed by atoms with Crippen molar-refractivity contribution >= 4 is 66.7 Å². The molecule has 2 unspecified atom stereocenters. The lowest BCUT2D eigenvalue weighted by Gasteiger charge is -2.30. The average molecular weight is 675 g/mol. The van der Waals surface area contributed by atoms with Gasteiger partial charge in [0, 0.05) is 57.5 Å². The topological polar surface area (TPSA) is 93.2 Å². The predicted octanol–water partition coefficient (Wildman–Crippen LogP) is 9.38. The quantitative estimate of drug-likeness (QED) is 0.0662. The van der Waals surface area contributed by atoms with Crippen LogP contribution in [0.2, 0.25) is 0 Å². The molecule has 0 bridgehead atoms. The normalized spacial score (nSPS) is 15.7. The van der Waals surface area contributed by atoms with Crippen molar-refractivity contribution in [2.75, 3.05) is 27.3 Å². The van der Waals surface area contributed by atoms with Gasteiger partial charge in [0.05, 0.1) is 24.3 Å². The second-order valence-corrected chi connectivity index (χ2v) is 14.2. The van der Waals surface area contributed by atoms with E-state index in [-0.39, 0.29) is 23.6 Å². The monoisotopic (exact) mass is 674 g/mol. The third kappa shape index (κ3) is 5.09. The van der Waals surface area contributed by atoms with Gasteiger partial charge in [0.25, 0.3) is 23.6 Å². The molecular formula is C42H46N2O6. The Kier molecular flexibility index (Phi) is 8.91. The first-order chi connectivity index (χ1) is 24.2. The minimum Gasteiger partial charge on any atom is -0.493 e. The molecule has 0 N–H and O–H groups in total. The molecule has 0 saturated heterocycles. The molecule has 2 atom stereocenters. The molecule has 260 valence electrons. The van der Waals surface area contributed by atoms with Crippen LogP contribution in [0.1, 0.15) is 120 Å². The summed E-state index contributed by atoms with van der Waals surface area (Å²) in [4.78, 5) is 57.2. The van der Waals surface area contributed by atoms with Gasteiger partial charge in [-0.2, -0.15) is 0 Å². The van der Waals surface area contributed by atoms with E-state index in [0.29, 0.717) is 69.6 Å². The molecule has 0 saturated carbocycles. The van der Waals surface area contributed by atoms with E-state index in [1.165, 1.54) is 23.9 Å². The van der Waals surface area contributed by atoms with Crippen LogP contribution >= 0.6 is 0 Å². The first-order valence-corrected chi connectivity index (χ1v) is 18.3. The molecule has 50 heavy (non-hydrogen) atoms. The molecule has 8 nitrogen and oxygen atoms in total. The van der Waals surface area contributed by atoms with Crippen molar-refractivity contribution < 1.29 is 28.7 Å². The van der Waals surface area contributed by atoms with Crippen LogP contribution in [0.25, 0.3) is 43.1 Å². The molecule has 0 aliphatic carbocycles. The number of hydrogen-bond acceptors (Lipinski definition) is 6. The summed E-state index contributed by atoms with van der Waals surface area (Å²) in [6, 6.07) is 11.0. The average Bonchev–Trinajstić information content (AvgIpc) is 3.13. The second kappa shape index (κ2) is 13.2. The van der Waals surface area contributed by atoms with Crippen LogP contribution < -0.4 is 9.47 Å². The molecule has 2 aliphatic heterocycles. The van der Waals surface area contributed by atoms with E-state index in [2.05, 4.69) is 27.7 Å². The van der Waals surface area contributed by atoms with Crippen molar-refractivity contribution in [1.29, 1.82) is 0 Å². The smallest absolute Gasteiger partial charge is 0.261 e. The summed E-state index contributed by atoms with van der Waals surface area (Å²) in [5.41, 5.74) is 1.76. The van der Waals surface area contributed by atoms with E-state index in [1.54, 1.807) is 24.3 Å². The van der Waals surface area contributed by atoms with Gasteiger partial charge in [-0.05, 0) is 59.7 Å². The van der Waals surface area contributed by atoms with Gasteiger partial charge in [-0.15, -0.1) is 0 Å². The largest absolute Gasteiger partial charge is 0.493 e. The molecule has 2 aliphatic rings. The van der Waals surface area contributed by atoms with Crippen LogP contribution in [0.15, 0.2) is 36.4 Å². The van der Waals surface area contributed by atoms with Crippen LogP contribution in [0.5, 0.6) is 11.5 Å². The number of rotatable bonds is 14. The maximum Gasteiger partial charge on any atom is 0.261 e. The molecule has 5 aromatic carbocycles. The summed E-state index contributed by atoms with van der Waals surface area (Å²) < 4.78 is 13.6. The number of ether oxygens (including phenoxy) is 2. The number of carbonyl (C=O) groups is 4. The van der Waals surface area contributed by atoms with Gasteiger partial charge in [0.15, 0.2) is 0 Å². The summed E-state index contributed by atoms with van der Waals surface area (Å²) >= 11 is 0. The zero-order valence-electron chi connectivity index (χ0n) is 30.0. The van der Waals surface area contributed by atoms with Gasteiger partial charge < -0.3 is 9.47 Å². The van der Waals surface area contributed by atoms with E-state index in [1.807, 2.05) is 12.1 Å². The van der Waals surface area contributed by atoms with E-state index < -0.39 is 0 Å². The van der Waals surface area contributed by atoms with Crippen LogP contribution in [-0.2, 0) is 0 Å². The lowest BCUT2D eigenvalue weighted by atomic mass is 9.81. The highest BCUT2D eigenvalue weighted by Crippen LogP contribution is 2.52. The summed E-state index contributed by atoms with van der Waals surface area (Å²) in [5, 5.41) is 5.84. The molecule has 0 fully saturated rings. The minimum atomic E-state index is -0.373. The minimum absolute atomic E-state index is 0.320. The van der Waals surface area contributed by atoms with Crippen molar-refractivity contribution in [3.63, 3.8) is 0 Å². The lowest BCUT2D eigenvalue weighted by Crippen LogP contribution is -2.37. The van der Waals surface area contributed by atoms with Crippen molar-refractivity contribution in [3.05, 3.63) is 58.7 Å². The zero-order chi connectivity index (χ0) is 35.4. The Labute approximate surface area is 293 Å². The van der Waals surface area contributed by atoms with Gasteiger partial charge in [-0.3, -0.25) is 29.0 Å². The van der Waals surface area contributed by atoms with Crippen LogP contribution in [0.4, 0.5) is 0 Å². The van der Waals surface area contributed by atoms with Gasteiger partial charge >= 0.3 is 0 Å². The number of benzene rings is 5. The van der Waals surface area contributed by atoms with Crippen LogP contribution in [-0.4, -0.2) is 60.7 Å². The van der Waals surface area contributed by atoms with Gasteiger partial charge in [0.1, 0.15) is 11.5 Å². The Morgan fingerprint density at radius 3 is 1.26 bits per heavy atom. The third-order valence-corrected chi connectivity index (χ3v) is 11.2. The van der Waals surface area contributed by atoms with E-state index in [4.69, 9.17) is 9.47 Å². The van der Waals surface area contributed by atoms with Gasteiger partial charge in [0.2, 0.25) is 0 Å². The second-order valence-electron chi connectivity index (χ2n) is 14.2.